The molecule has 0 saturated heterocycles. The van der Waals surface area contributed by atoms with Gasteiger partial charge in [0.2, 0.25) is 0 Å². The highest BCUT2D eigenvalue weighted by Gasteiger charge is 2.65. The second-order valence-electron chi connectivity index (χ2n) is 6.95. The second-order valence-corrected chi connectivity index (χ2v) is 6.95. The molecule has 2 aliphatic carbocycles. The van der Waals surface area contributed by atoms with Gasteiger partial charge in [0.15, 0.2) is 5.78 Å². The fourth-order valence-electron chi connectivity index (χ4n) is 3.71. The van der Waals surface area contributed by atoms with Gasteiger partial charge in [0.25, 0.3) is 0 Å². The Morgan fingerprint density at radius 2 is 1.85 bits per heavy atom. The molecule has 2 bridgehead atoms. The topological polar surface area (TPSA) is 41.5 Å². The maximum Gasteiger partial charge on any atom is 0.185 e. The van der Waals surface area contributed by atoms with Crippen molar-refractivity contribution in [3.05, 3.63) is 29.8 Å². The van der Waals surface area contributed by atoms with Gasteiger partial charge in [-0.25, -0.2) is 0 Å². The Hall–Kier alpha value is -1.64. The van der Waals surface area contributed by atoms with Crippen molar-refractivity contribution < 1.29 is 4.79 Å². The molecular weight excluding hydrogens is 248 g/mol. The summed E-state index contributed by atoms with van der Waals surface area (Å²) in [6, 6.07) is 8.06. The molecule has 0 aliphatic heterocycles. The van der Waals surface area contributed by atoms with Gasteiger partial charge in [0, 0.05) is 11.3 Å². The van der Waals surface area contributed by atoms with Gasteiger partial charge in [-0.3, -0.25) is 10.2 Å². The molecule has 3 nitrogen and oxygen atoms in total. The van der Waals surface area contributed by atoms with Crippen LogP contribution in [0.3, 0.4) is 0 Å². The lowest BCUT2D eigenvalue weighted by Gasteiger charge is -2.31. The van der Waals surface area contributed by atoms with Crippen molar-refractivity contribution in [3.63, 3.8) is 0 Å². The van der Waals surface area contributed by atoms with Gasteiger partial charge in [0.1, 0.15) is 5.71 Å². The lowest BCUT2D eigenvalue weighted by molar-refractivity contribution is -0.123. The zero-order chi connectivity index (χ0) is 14.5. The lowest BCUT2D eigenvalue weighted by Crippen LogP contribution is -2.33. The van der Waals surface area contributed by atoms with E-state index in [4.69, 9.17) is 0 Å². The first-order chi connectivity index (χ1) is 9.36. The third-order valence-electron chi connectivity index (χ3n) is 5.65. The van der Waals surface area contributed by atoms with Gasteiger partial charge >= 0.3 is 0 Å². The number of carbonyl (C=O) groups excluding carboxylic acids is 1. The van der Waals surface area contributed by atoms with E-state index in [2.05, 4.69) is 38.2 Å². The Balaban J connectivity index is 1.87. The van der Waals surface area contributed by atoms with E-state index in [1.54, 1.807) is 0 Å². The summed E-state index contributed by atoms with van der Waals surface area (Å²) in [5.74, 6) is 0.524. The van der Waals surface area contributed by atoms with Gasteiger partial charge in [-0.05, 0) is 37.3 Å². The van der Waals surface area contributed by atoms with Crippen molar-refractivity contribution >= 4 is 17.2 Å². The third-order valence-corrected chi connectivity index (χ3v) is 5.65. The van der Waals surface area contributed by atoms with Crippen LogP contribution in [-0.2, 0) is 4.79 Å². The molecule has 2 aliphatic rings. The predicted octanol–water partition coefficient (Wildman–Crippen LogP) is 3.79. The Labute approximate surface area is 120 Å². The number of nitrogens with one attached hydrogen (secondary N) is 1. The number of nitrogens with zero attached hydrogens (tertiary/aromatic N) is 1. The van der Waals surface area contributed by atoms with E-state index >= 15 is 0 Å². The largest absolute Gasteiger partial charge is 0.292 e. The molecule has 2 atom stereocenters. The summed E-state index contributed by atoms with van der Waals surface area (Å²) in [4.78, 5) is 12.6. The number of aryl methyl sites for hydroxylation is 1. The van der Waals surface area contributed by atoms with Crippen LogP contribution in [-0.4, -0.2) is 11.5 Å². The molecule has 0 spiro atoms. The molecule has 1 aromatic carbocycles. The molecule has 106 valence electrons. The normalized spacial score (nSPS) is 32.9. The van der Waals surface area contributed by atoms with Crippen LogP contribution in [0.4, 0.5) is 5.69 Å². The average molecular weight is 270 g/mol. The number of rotatable bonds is 2. The molecule has 0 amide bonds. The molecule has 2 fully saturated rings. The molecule has 1 N–H and O–H groups in total. The van der Waals surface area contributed by atoms with E-state index in [1.807, 2.05) is 24.3 Å². The molecule has 1 aromatic rings. The minimum atomic E-state index is -0.231. The van der Waals surface area contributed by atoms with E-state index in [-0.39, 0.29) is 22.5 Å². The van der Waals surface area contributed by atoms with Gasteiger partial charge in [-0.1, -0.05) is 38.5 Å². The SMILES string of the molecule is Cc1ccc(N/N=C2\C(=O)[C@@]3(C)CC[C@@H]2C3(C)C)cc1. The molecule has 0 unspecified atom stereocenters. The summed E-state index contributed by atoms with van der Waals surface area (Å²) >= 11 is 0. The maximum atomic E-state index is 12.6. The summed E-state index contributed by atoms with van der Waals surface area (Å²) in [5.41, 5.74) is 5.73. The van der Waals surface area contributed by atoms with Crippen LogP contribution in [0.2, 0.25) is 0 Å². The quantitative estimate of drug-likeness (QED) is 0.831. The highest BCUT2D eigenvalue weighted by molar-refractivity contribution is 6.45. The van der Waals surface area contributed by atoms with E-state index in [1.165, 1.54) is 5.56 Å². The van der Waals surface area contributed by atoms with Crippen LogP contribution < -0.4 is 5.43 Å². The fourth-order valence-corrected chi connectivity index (χ4v) is 3.71. The van der Waals surface area contributed by atoms with Crippen molar-refractivity contribution in [1.82, 2.24) is 0 Å². The first-order valence-electron chi connectivity index (χ1n) is 7.31. The molecule has 20 heavy (non-hydrogen) atoms. The van der Waals surface area contributed by atoms with E-state index in [0.29, 0.717) is 0 Å². The summed E-state index contributed by atoms with van der Waals surface area (Å²) in [6.07, 6.45) is 2.07. The number of ketones is 1. The predicted molar refractivity (Wildman–Crippen MR) is 81.9 cm³/mol. The standard InChI is InChI=1S/C17H22N2O/c1-11-5-7-12(8-6-11)18-19-14-13-9-10-17(4,15(14)20)16(13,2)3/h5-8,13,18H,9-10H2,1-4H3/b19-14-/t13-,17+/m0/s1. The van der Waals surface area contributed by atoms with E-state index in [0.717, 1.165) is 24.2 Å². The molecule has 3 rings (SSSR count). The lowest BCUT2D eigenvalue weighted by atomic mass is 9.70. The van der Waals surface area contributed by atoms with Crippen molar-refractivity contribution in [2.45, 2.75) is 40.5 Å². The molecule has 0 aromatic heterocycles. The first-order valence-corrected chi connectivity index (χ1v) is 7.31. The summed E-state index contributed by atoms with van der Waals surface area (Å²) < 4.78 is 0. The summed E-state index contributed by atoms with van der Waals surface area (Å²) in [6.45, 7) is 8.57. The summed E-state index contributed by atoms with van der Waals surface area (Å²) in [7, 11) is 0. The minimum Gasteiger partial charge on any atom is -0.292 e. The number of hydrogen-bond donors (Lipinski definition) is 1. The highest BCUT2D eigenvalue weighted by Crippen LogP contribution is 2.62. The van der Waals surface area contributed by atoms with Crippen LogP contribution in [0.25, 0.3) is 0 Å². The number of anilines is 1. The van der Waals surface area contributed by atoms with Crippen LogP contribution in [0.15, 0.2) is 29.4 Å². The first kappa shape index (κ1) is 13.3. The van der Waals surface area contributed by atoms with E-state index < -0.39 is 0 Å². The van der Waals surface area contributed by atoms with Crippen molar-refractivity contribution in [2.24, 2.45) is 21.8 Å². The van der Waals surface area contributed by atoms with Crippen molar-refractivity contribution in [2.75, 3.05) is 5.43 Å². The van der Waals surface area contributed by atoms with Crippen LogP contribution in [0, 0.1) is 23.7 Å². The Morgan fingerprint density at radius 3 is 2.40 bits per heavy atom. The van der Waals surface area contributed by atoms with Crippen LogP contribution in [0.5, 0.6) is 0 Å². The number of Topliss-reactive ketones (excluding diaryl/α,β-unsaturated/α-hetero) is 1. The van der Waals surface area contributed by atoms with Gasteiger partial charge in [-0.2, -0.15) is 5.10 Å². The number of hydrogen-bond acceptors (Lipinski definition) is 3. The van der Waals surface area contributed by atoms with Gasteiger partial charge in [-0.15, -0.1) is 0 Å². The zero-order valence-corrected chi connectivity index (χ0v) is 12.7. The van der Waals surface area contributed by atoms with Crippen LogP contribution >= 0.6 is 0 Å². The second kappa shape index (κ2) is 4.18. The molecule has 0 radical (unpaired) electrons. The Kier molecular flexibility index (Phi) is 2.79. The smallest absolute Gasteiger partial charge is 0.185 e. The molecule has 2 saturated carbocycles. The number of carbonyl (C=O) groups is 1. The molecule has 3 heteroatoms. The maximum absolute atomic E-state index is 12.6. The summed E-state index contributed by atoms with van der Waals surface area (Å²) in [5, 5.41) is 4.44. The van der Waals surface area contributed by atoms with Crippen LogP contribution in [0.1, 0.15) is 39.2 Å². The highest BCUT2D eigenvalue weighted by atomic mass is 16.1. The Bertz CT molecular complexity index is 586. The number of benzene rings is 1. The number of fused-ring (bicyclic) bond motifs is 2. The molecular formula is C17H22N2O. The zero-order valence-electron chi connectivity index (χ0n) is 12.7. The van der Waals surface area contributed by atoms with Crippen molar-refractivity contribution in [1.29, 1.82) is 0 Å². The van der Waals surface area contributed by atoms with Gasteiger partial charge in [0.05, 0.1) is 5.69 Å². The Morgan fingerprint density at radius 1 is 1.20 bits per heavy atom. The van der Waals surface area contributed by atoms with Gasteiger partial charge < -0.3 is 0 Å². The molecule has 0 heterocycles. The fraction of sp³-hybridized carbons (Fsp3) is 0.529. The van der Waals surface area contributed by atoms with E-state index in [9.17, 15) is 4.79 Å². The monoisotopic (exact) mass is 270 g/mol. The number of hydrazone groups is 1. The van der Waals surface area contributed by atoms with Crippen molar-refractivity contribution in [3.8, 4) is 0 Å². The minimum absolute atomic E-state index is 0.0257. The average Bonchev–Trinajstić information content (AvgIpc) is 2.71. The third kappa shape index (κ3) is 1.65.